The van der Waals surface area contributed by atoms with Crippen molar-refractivity contribution in [3.05, 3.63) is 35.9 Å². The summed E-state index contributed by atoms with van der Waals surface area (Å²) in [4.78, 5) is 15.6. The molecule has 25 heavy (non-hydrogen) atoms. The van der Waals surface area contributed by atoms with E-state index in [-0.39, 0.29) is 16.9 Å². The van der Waals surface area contributed by atoms with Gasteiger partial charge in [0.25, 0.3) is 0 Å². The van der Waals surface area contributed by atoms with Gasteiger partial charge < -0.3 is 10.1 Å². The van der Waals surface area contributed by atoms with Crippen LogP contribution in [0.25, 0.3) is 0 Å². The Hall–Kier alpha value is -1.39. The third-order valence-electron chi connectivity index (χ3n) is 6.56. The molecule has 0 spiro atoms. The van der Waals surface area contributed by atoms with Crippen LogP contribution in [0.15, 0.2) is 30.3 Å². The Balaban J connectivity index is 1.45. The number of hydrogen-bond acceptors (Lipinski definition) is 3. The Bertz CT molecular complexity index is 585. The van der Waals surface area contributed by atoms with E-state index < -0.39 is 0 Å². The van der Waals surface area contributed by atoms with E-state index in [4.69, 9.17) is 4.74 Å². The van der Waals surface area contributed by atoms with Gasteiger partial charge in [-0.15, -0.1) is 0 Å². The molecule has 1 saturated heterocycles. The number of carbonyl (C=O) groups excluding carboxylic acids is 1. The van der Waals surface area contributed by atoms with Gasteiger partial charge in [0, 0.05) is 25.2 Å². The minimum Gasteiger partial charge on any atom is -0.379 e. The molecule has 4 nitrogen and oxygen atoms in total. The van der Waals surface area contributed by atoms with Crippen LogP contribution in [0.1, 0.15) is 50.5 Å². The van der Waals surface area contributed by atoms with Crippen molar-refractivity contribution >= 4 is 5.91 Å². The van der Waals surface area contributed by atoms with Gasteiger partial charge in [-0.05, 0) is 31.2 Å². The predicted molar refractivity (Wildman–Crippen MR) is 98.6 cm³/mol. The summed E-state index contributed by atoms with van der Waals surface area (Å²) in [5, 5.41) is 3.37. The van der Waals surface area contributed by atoms with Gasteiger partial charge >= 0.3 is 0 Å². The third kappa shape index (κ3) is 3.34. The molecule has 0 unspecified atom stereocenters. The number of amides is 1. The maximum Gasteiger partial charge on any atom is 0.230 e. The molecule has 1 aromatic rings. The SMILES string of the molecule is O=C(NCC1(N2CCOCC2)CCCCC1)C1(c2ccccc2)CC1. The van der Waals surface area contributed by atoms with Crippen molar-refractivity contribution in [2.24, 2.45) is 0 Å². The smallest absolute Gasteiger partial charge is 0.230 e. The summed E-state index contributed by atoms with van der Waals surface area (Å²) in [5.74, 6) is 0.233. The molecule has 136 valence electrons. The lowest BCUT2D eigenvalue weighted by Gasteiger charge is -2.48. The van der Waals surface area contributed by atoms with Crippen molar-refractivity contribution in [1.82, 2.24) is 10.2 Å². The molecular formula is C21H30N2O2. The fourth-order valence-electron chi connectivity index (χ4n) is 4.80. The van der Waals surface area contributed by atoms with Gasteiger partial charge in [0.2, 0.25) is 5.91 Å². The Kier molecular flexibility index (Phi) is 4.83. The Morgan fingerprint density at radius 3 is 2.32 bits per heavy atom. The van der Waals surface area contributed by atoms with Gasteiger partial charge in [0.1, 0.15) is 0 Å². The van der Waals surface area contributed by atoms with Crippen LogP contribution in [0.4, 0.5) is 0 Å². The average molecular weight is 342 g/mol. The van der Waals surface area contributed by atoms with Crippen LogP contribution < -0.4 is 5.32 Å². The van der Waals surface area contributed by atoms with E-state index in [1.807, 2.05) is 18.2 Å². The lowest BCUT2D eigenvalue weighted by atomic mass is 9.79. The molecule has 1 heterocycles. The van der Waals surface area contributed by atoms with E-state index in [1.54, 1.807) is 0 Å². The number of ether oxygens (including phenoxy) is 1. The first kappa shape index (κ1) is 17.0. The number of hydrogen-bond donors (Lipinski definition) is 1. The summed E-state index contributed by atoms with van der Waals surface area (Å²) in [5.41, 5.74) is 1.06. The maximum atomic E-state index is 13.0. The molecule has 1 aromatic carbocycles. The number of nitrogens with one attached hydrogen (secondary N) is 1. The standard InChI is InChI=1S/C21H30N2O2/c24-19(21(11-12-21)18-7-3-1-4-8-18)22-17-20(9-5-2-6-10-20)23-13-15-25-16-14-23/h1,3-4,7-8H,2,5-6,9-17H2,(H,22,24). The van der Waals surface area contributed by atoms with Crippen LogP contribution in [-0.2, 0) is 14.9 Å². The molecule has 0 radical (unpaired) electrons. The average Bonchev–Trinajstić information content (AvgIpc) is 3.50. The predicted octanol–water partition coefficient (Wildman–Crippen LogP) is 2.87. The van der Waals surface area contributed by atoms with Crippen molar-refractivity contribution in [3.8, 4) is 0 Å². The second-order valence-electron chi connectivity index (χ2n) is 8.02. The zero-order chi connectivity index (χ0) is 17.2. The van der Waals surface area contributed by atoms with E-state index in [2.05, 4.69) is 22.3 Å². The lowest BCUT2D eigenvalue weighted by Crippen LogP contribution is -2.60. The highest BCUT2D eigenvalue weighted by molar-refractivity contribution is 5.91. The summed E-state index contributed by atoms with van der Waals surface area (Å²) in [7, 11) is 0. The highest BCUT2D eigenvalue weighted by Gasteiger charge is 2.51. The van der Waals surface area contributed by atoms with Crippen molar-refractivity contribution in [2.45, 2.75) is 55.9 Å². The number of nitrogens with zero attached hydrogens (tertiary/aromatic N) is 1. The maximum absolute atomic E-state index is 13.0. The second-order valence-corrected chi connectivity index (χ2v) is 8.02. The highest BCUT2D eigenvalue weighted by atomic mass is 16.5. The molecule has 1 aliphatic heterocycles. The van der Waals surface area contributed by atoms with E-state index in [0.29, 0.717) is 0 Å². The summed E-state index contributed by atoms with van der Waals surface area (Å²) < 4.78 is 5.55. The van der Waals surface area contributed by atoms with Gasteiger partial charge in [-0.25, -0.2) is 0 Å². The summed E-state index contributed by atoms with van der Waals surface area (Å²) in [6.07, 6.45) is 8.24. The molecule has 2 saturated carbocycles. The van der Waals surface area contributed by atoms with Crippen LogP contribution in [0, 0.1) is 0 Å². The van der Waals surface area contributed by atoms with Crippen molar-refractivity contribution in [2.75, 3.05) is 32.8 Å². The first-order chi connectivity index (χ1) is 12.3. The normalized spacial score (nSPS) is 25.3. The number of carbonyl (C=O) groups is 1. The van der Waals surface area contributed by atoms with Crippen molar-refractivity contribution < 1.29 is 9.53 Å². The van der Waals surface area contributed by atoms with Gasteiger partial charge in [0.15, 0.2) is 0 Å². The van der Waals surface area contributed by atoms with Gasteiger partial charge in [-0.1, -0.05) is 49.6 Å². The number of morpholine rings is 1. The minimum absolute atomic E-state index is 0.143. The molecule has 1 N–H and O–H groups in total. The van der Waals surface area contributed by atoms with E-state index in [9.17, 15) is 4.79 Å². The van der Waals surface area contributed by atoms with Crippen molar-refractivity contribution in [1.29, 1.82) is 0 Å². The Morgan fingerprint density at radius 1 is 1.00 bits per heavy atom. The minimum atomic E-state index is -0.262. The Morgan fingerprint density at radius 2 is 1.68 bits per heavy atom. The Labute approximate surface area is 150 Å². The van der Waals surface area contributed by atoms with E-state index in [1.165, 1.54) is 37.7 Å². The molecule has 3 fully saturated rings. The fourth-order valence-corrected chi connectivity index (χ4v) is 4.80. The zero-order valence-electron chi connectivity index (χ0n) is 15.1. The van der Waals surface area contributed by atoms with Gasteiger partial charge in [-0.2, -0.15) is 0 Å². The summed E-state index contributed by atoms with van der Waals surface area (Å²) in [6.45, 7) is 4.44. The second kappa shape index (κ2) is 7.08. The van der Waals surface area contributed by atoms with Crippen LogP contribution >= 0.6 is 0 Å². The van der Waals surface area contributed by atoms with Crippen LogP contribution in [0.3, 0.4) is 0 Å². The summed E-state index contributed by atoms with van der Waals surface area (Å²) in [6, 6.07) is 10.3. The molecule has 3 aliphatic rings. The van der Waals surface area contributed by atoms with Gasteiger partial charge in [0.05, 0.1) is 18.6 Å². The molecule has 4 rings (SSSR count). The first-order valence-electron chi connectivity index (χ1n) is 9.92. The molecule has 1 amide bonds. The molecule has 0 bridgehead atoms. The quantitative estimate of drug-likeness (QED) is 0.895. The topological polar surface area (TPSA) is 41.6 Å². The fraction of sp³-hybridized carbons (Fsp3) is 0.667. The van der Waals surface area contributed by atoms with Crippen LogP contribution in [0.5, 0.6) is 0 Å². The highest BCUT2D eigenvalue weighted by Crippen LogP contribution is 2.48. The van der Waals surface area contributed by atoms with Crippen molar-refractivity contribution in [3.63, 3.8) is 0 Å². The zero-order valence-corrected chi connectivity index (χ0v) is 15.1. The molecule has 2 aliphatic carbocycles. The van der Waals surface area contributed by atoms with Crippen LogP contribution in [0.2, 0.25) is 0 Å². The van der Waals surface area contributed by atoms with E-state index in [0.717, 1.165) is 45.7 Å². The number of benzene rings is 1. The van der Waals surface area contributed by atoms with Crippen LogP contribution in [-0.4, -0.2) is 49.2 Å². The largest absolute Gasteiger partial charge is 0.379 e. The third-order valence-corrected chi connectivity index (χ3v) is 6.56. The lowest BCUT2D eigenvalue weighted by molar-refractivity contribution is -0.124. The molecule has 4 heteroatoms. The summed E-state index contributed by atoms with van der Waals surface area (Å²) >= 11 is 0. The van der Waals surface area contributed by atoms with Gasteiger partial charge in [-0.3, -0.25) is 9.69 Å². The first-order valence-corrected chi connectivity index (χ1v) is 9.92. The van der Waals surface area contributed by atoms with E-state index >= 15 is 0 Å². The molecule has 0 aromatic heterocycles. The molecular weight excluding hydrogens is 312 g/mol. The monoisotopic (exact) mass is 342 g/mol. The number of rotatable bonds is 5. The molecule has 0 atom stereocenters.